The molecule has 114 valence electrons. The Morgan fingerprint density at radius 1 is 1.27 bits per heavy atom. The number of rotatable bonds is 5. The number of benzene rings is 1. The maximum atomic E-state index is 11.8. The van der Waals surface area contributed by atoms with Crippen molar-refractivity contribution >= 4 is 23.5 Å². The average Bonchev–Trinajstić information content (AvgIpc) is 2.53. The predicted octanol–water partition coefficient (Wildman–Crippen LogP) is 2.77. The molecule has 1 aromatic carbocycles. The van der Waals surface area contributed by atoms with Gasteiger partial charge in [-0.2, -0.15) is 0 Å². The summed E-state index contributed by atoms with van der Waals surface area (Å²) >= 11 is 5.91. The van der Waals surface area contributed by atoms with E-state index in [4.69, 9.17) is 16.3 Å². The zero-order valence-electron chi connectivity index (χ0n) is 12.0. The average molecular weight is 319 g/mol. The lowest BCUT2D eigenvalue weighted by Gasteiger charge is -2.14. The molecular weight excluding hydrogens is 304 g/mol. The van der Waals surface area contributed by atoms with Gasteiger partial charge in [0.05, 0.1) is 6.04 Å². The highest BCUT2D eigenvalue weighted by atomic mass is 35.5. The number of nitrogens with zero attached hydrogens (tertiary/aromatic N) is 1. The van der Waals surface area contributed by atoms with Crippen LogP contribution in [0.5, 0.6) is 0 Å². The van der Waals surface area contributed by atoms with Crippen molar-refractivity contribution in [2.24, 2.45) is 0 Å². The fourth-order valence-electron chi connectivity index (χ4n) is 1.83. The second kappa shape index (κ2) is 7.56. The lowest BCUT2D eigenvalue weighted by atomic mass is 10.1. The quantitative estimate of drug-likeness (QED) is 0.861. The van der Waals surface area contributed by atoms with Crippen LogP contribution in [0.25, 0.3) is 0 Å². The van der Waals surface area contributed by atoms with Crippen LogP contribution in [0.4, 0.5) is 0 Å². The van der Waals surface area contributed by atoms with Crippen LogP contribution < -0.4 is 5.32 Å². The van der Waals surface area contributed by atoms with Crippen LogP contribution in [0.2, 0.25) is 5.02 Å². The predicted molar refractivity (Wildman–Crippen MR) is 82.5 cm³/mol. The number of esters is 1. The van der Waals surface area contributed by atoms with Gasteiger partial charge < -0.3 is 10.1 Å². The summed E-state index contributed by atoms with van der Waals surface area (Å²) in [5.74, 6) is -1.03. The molecule has 0 spiro atoms. The number of hydrogen-bond donors (Lipinski definition) is 1. The van der Waals surface area contributed by atoms with Gasteiger partial charge in [-0.15, -0.1) is 0 Å². The van der Waals surface area contributed by atoms with Crippen molar-refractivity contribution in [3.8, 4) is 0 Å². The molecule has 1 N–H and O–H groups in total. The monoisotopic (exact) mass is 318 g/mol. The Bertz CT molecular complexity index is 661. The number of aromatic nitrogens is 1. The molecule has 0 aliphatic rings. The van der Waals surface area contributed by atoms with Crippen LogP contribution in [0.15, 0.2) is 48.7 Å². The molecule has 0 aliphatic heterocycles. The SMILES string of the molecule is C[C@H](NC(=O)COC(=O)c1ccccn1)c1cccc(Cl)c1. The van der Waals surface area contributed by atoms with Crippen molar-refractivity contribution < 1.29 is 14.3 Å². The van der Waals surface area contributed by atoms with Crippen LogP contribution in [0.3, 0.4) is 0 Å². The van der Waals surface area contributed by atoms with Gasteiger partial charge in [-0.05, 0) is 36.8 Å². The summed E-state index contributed by atoms with van der Waals surface area (Å²) in [5.41, 5.74) is 1.04. The number of hydrogen-bond acceptors (Lipinski definition) is 4. The van der Waals surface area contributed by atoms with Gasteiger partial charge in [-0.1, -0.05) is 29.8 Å². The van der Waals surface area contributed by atoms with E-state index in [0.717, 1.165) is 5.56 Å². The highest BCUT2D eigenvalue weighted by Gasteiger charge is 2.13. The summed E-state index contributed by atoms with van der Waals surface area (Å²) < 4.78 is 4.91. The third kappa shape index (κ3) is 4.56. The van der Waals surface area contributed by atoms with Crippen LogP contribution in [0.1, 0.15) is 29.0 Å². The van der Waals surface area contributed by atoms with E-state index in [1.165, 1.54) is 12.3 Å². The minimum atomic E-state index is -0.633. The van der Waals surface area contributed by atoms with Gasteiger partial charge in [0.15, 0.2) is 6.61 Å². The fourth-order valence-corrected chi connectivity index (χ4v) is 2.03. The molecule has 0 unspecified atom stereocenters. The third-order valence-electron chi connectivity index (χ3n) is 2.93. The van der Waals surface area contributed by atoms with E-state index in [2.05, 4.69) is 10.3 Å². The van der Waals surface area contributed by atoms with Crippen LogP contribution in [0, 0.1) is 0 Å². The minimum absolute atomic E-state index is 0.165. The van der Waals surface area contributed by atoms with E-state index in [1.807, 2.05) is 13.0 Å². The fraction of sp³-hybridized carbons (Fsp3) is 0.188. The number of pyridine rings is 1. The minimum Gasteiger partial charge on any atom is -0.451 e. The Kier molecular flexibility index (Phi) is 5.49. The number of halogens is 1. The molecule has 1 amide bonds. The molecule has 0 saturated carbocycles. The molecule has 6 heteroatoms. The molecule has 0 saturated heterocycles. The Morgan fingerprint density at radius 2 is 2.09 bits per heavy atom. The molecule has 1 aromatic heterocycles. The topological polar surface area (TPSA) is 68.3 Å². The van der Waals surface area contributed by atoms with Gasteiger partial charge in [-0.25, -0.2) is 9.78 Å². The van der Waals surface area contributed by atoms with Crippen molar-refractivity contribution in [3.63, 3.8) is 0 Å². The normalized spacial score (nSPS) is 11.5. The Labute approximate surface area is 133 Å². The molecule has 1 atom stereocenters. The smallest absolute Gasteiger partial charge is 0.357 e. The van der Waals surface area contributed by atoms with E-state index >= 15 is 0 Å². The maximum Gasteiger partial charge on any atom is 0.357 e. The van der Waals surface area contributed by atoms with E-state index < -0.39 is 11.9 Å². The van der Waals surface area contributed by atoms with Crippen LogP contribution in [-0.2, 0) is 9.53 Å². The molecule has 1 heterocycles. The lowest BCUT2D eigenvalue weighted by Crippen LogP contribution is -2.31. The third-order valence-corrected chi connectivity index (χ3v) is 3.17. The molecule has 2 aromatic rings. The summed E-state index contributed by atoms with van der Waals surface area (Å²) in [4.78, 5) is 27.3. The zero-order chi connectivity index (χ0) is 15.9. The molecule has 0 aliphatic carbocycles. The summed E-state index contributed by atoms with van der Waals surface area (Å²) in [6, 6.07) is 11.8. The first-order valence-corrected chi connectivity index (χ1v) is 7.07. The lowest BCUT2D eigenvalue weighted by molar-refractivity contribution is -0.124. The second-order valence-electron chi connectivity index (χ2n) is 4.64. The highest BCUT2D eigenvalue weighted by molar-refractivity contribution is 6.30. The standard InChI is InChI=1S/C16H15ClN2O3/c1-11(12-5-4-6-13(17)9-12)19-15(20)10-22-16(21)14-7-2-3-8-18-14/h2-9,11H,10H2,1H3,(H,19,20)/t11-/m0/s1. The van der Waals surface area contributed by atoms with E-state index in [0.29, 0.717) is 5.02 Å². The van der Waals surface area contributed by atoms with Crippen molar-refractivity contribution in [1.29, 1.82) is 0 Å². The van der Waals surface area contributed by atoms with Crippen molar-refractivity contribution in [2.45, 2.75) is 13.0 Å². The number of carbonyl (C=O) groups is 2. The van der Waals surface area contributed by atoms with Crippen molar-refractivity contribution in [2.75, 3.05) is 6.61 Å². The largest absolute Gasteiger partial charge is 0.451 e. The van der Waals surface area contributed by atoms with Gasteiger partial charge in [0.2, 0.25) is 0 Å². The molecule has 5 nitrogen and oxygen atoms in total. The summed E-state index contributed by atoms with van der Waals surface area (Å²) in [5, 5.41) is 3.33. The Balaban J connectivity index is 1.84. The molecule has 0 radical (unpaired) electrons. The first-order chi connectivity index (χ1) is 10.6. The van der Waals surface area contributed by atoms with Gasteiger partial charge in [-0.3, -0.25) is 4.79 Å². The zero-order valence-corrected chi connectivity index (χ0v) is 12.7. The number of nitrogens with one attached hydrogen (secondary N) is 1. The number of carbonyl (C=O) groups excluding carboxylic acids is 2. The van der Waals surface area contributed by atoms with E-state index in [1.54, 1.807) is 30.3 Å². The number of ether oxygens (including phenoxy) is 1. The summed E-state index contributed by atoms with van der Waals surface area (Å²) in [7, 11) is 0. The summed E-state index contributed by atoms with van der Waals surface area (Å²) in [6.07, 6.45) is 1.48. The first-order valence-electron chi connectivity index (χ1n) is 6.69. The Morgan fingerprint density at radius 3 is 2.77 bits per heavy atom. The van der Waals surface area contributed by atoms with Crippen molar-refractivity contribution in [3.05, 3.63) is 64.9 Å². The van der Waals surface area contributed by atoms with Gasteiger partial charge >= 0.3 is 5.97 Å². The van der Waals surface area contributed by atoms with Crippen LogP contribution >= 0.6 is 11.6 Å². The number of amides is 1. The highest BCUT2D eigenvalue weighted by Crippen LogP contribution is 2.17. The molecule has 0 bridgehead atoms. The molecular formula is C16H15ClN2O3. The van der Waals surface area contributed by atoms with E-state index in [-0.39, 0.29) is 18.3 Å². The van der Waals surface area contributed by atoms with Gasteiger partial charge in [0.1, 0.15) is 5.69 Å². The summed E-state index contributed by atoms with van der Waals surface area (Å²) in [6.45, 7) is 1.46. The van der Waals surface area contributed by atoms with Crippen molar-refractivity contribution in [1.82, 2.24) is 10.3 Å². The molecule has 0 fully saturated rings. The maximum absolute atomic E-state index is 11.8. The second-order valence-corrected chi connectivity index (χ2v) is 5.07. The van der Waals surface area contributed by atoms with Gasteiger partial charge in [0.25, 0.3) is 5.91 Å². The molecule has 22 heavy (non-hydrogen) atoms. The van der Waals surface area contributed by atoms with Crippen LogP contribution in [-0.4, -0.2) is 23.5 Å². The Hall–Kier alpha value is -2.40. The van der Waals surface area contributed by atoms with Gasteiger partial charge in [0, 0.05) is 11.2 Å². The van der Waals surface area contributed by atoms with E-state index in [9.17, 15) is 9.59 Å². The first kappa shape index (κ1) is 16.0. The molecule has 2 rings (SSSR count).